The van der Waals surface area contributed by atoms with E-state index >= 15 is 0 Å². The first-order chi connectivity index (χ1) is 12.3. The first-order valence-corrected chi connectivity index (χ1v) is 7.53. The minimum absolute atomic E-state index is 0.00641. The Kier molecular flexibility index (Phi) is 4.52. The van der Waals surface area contributed by atoms with Gasteiger partial charge in [0.1, 0.15) is 17.5 Å². The molecule has 132 valence electrons. The largest absolute Gasteiger partial charge is 0.370 e. The van der Waals surface area contributed by atoms with Gasteiger partial charge in [-0.3, -0.25) is 9.78 Å². The van der Waals surface area contributed by atoms with Gasteiger partial charge in [0.15, 0.2) is 5.96 Å². The Bertz CT molecular complexity index is 1060. The highest BCUT2D eigenvalue weighted by atomic mass is 35.5. The topological polar surface area (TPSA) is 94.4 Å². The molecule has 2 aromatic carbocycles. The Morgan fingerprint density at radius 3 is 2.35 bits per heavy atom. The van der Waals surface area contributed by atoms with Gasteiger partial charge in [-0.2, -0.15) is 4.99 Å². The average Bonchev–Trinajstić information content (AvgIpc) is 2.53. The standard InChI is InChI=1S/C17H10ClF3N4O/c18-11-4-7(16(26)25-17(22)23)3-10-9(1-2-24-15(10)11)14-12(20)5-8(19)6-13(14)21/h1-6H,(H4,22,23,25,26). The molecule has 1 heterocycles. The van der Waals surface area contributed by atoms with Crippen molar-refractivity contribution in [1.82, 2.24) is 4.98 Å². The Morgan fingerprint density at radius 2 is 1.73 bits per heavy atom. The van der Waals surface area contributed by atoms with Gasteiger partial charge in [-0.1, -0.05) is 11.6 Å². The Balaban J connectivity index is 2.33. The van der Waals surface area contributed by atoms with Gasteiger partial charge in [-0.15, -0.1) is 0 Å². The number of pyridine rings is 1. The summed E-state index contributed by atoms with van der Waals surface area (Å²) in [5.41, 5.74) is 10.1. The molecule has 0 aliphatic rings. The van der Waals surface area contributed by atoms with E-state index in [0.29, 0.717) is 12.1 Å². The maximum absolute atomic E-state index is 14.2. The van der Waals surface area contributed by atoms with E-state index < -0.39 is 34.9 Å². The zero-order chi connectivity index (χ0) is 19.0. The third-order valence-corrected chi connectivity index (χ3v) is 3.84. The number of hydrogen-bond donors (Lipinski definition) is 2. The van der Waals surface area contributed by atoms with Gasteiger partial charge in [0, 0.05) is 29.3 Å². The summed E-state index contributed by atoms with van der Waals surface area (Å²) in [7, 11) is 0. The summed E-state index contributed by atoms with van der Waals surface area (Å²) in [6, 6.07) is 5.03. The van der Waals surface area contributed by atoms with Crippen molar-refractivity contribution in [3.63, 3.8) is 0 Å². The maximum Gasteiger partial charge on any atom is 0.280 e. The third-order valence-electron chi connectivity index (χ3n) is 3.55. The fourth-order valence-corrected chi connectivity index (χ4v) is 2.80. The van der Waals surface area contributed by atoms with Gasteiger partial charge in [-0.05, 0) is 23.8 Å². The molecule has 0 radical (unpaired) electrons. The lowest BCUT2D eigenvalue weighted by molar-refractivity contribution is 0.100. The van der Waals surface area contributed by atoms with Crippen LogP contribution >= 0.6 is 11.6 Å². The van der Waals surface area contributed by atoms with Crippen molar-refractivity contribution >= 4 is 34.4 Å². The van der Waals surface area contributed by atoms with E-state index in [0.717, 1.165) is 0 Å². The molecule has 1 aromatic heterocycles. The van der Waals surface area contributed by atoms with Crippen LogP contribution in [0.1, 0.15) is 10.4 Å². The van der Waals surface area contributed by atoms with Crippen molar-refractivity contribution in [2.75, 3.05) is 0 Å². The third kappa shape index (κ3) is 3.18. The van der Waals surface area contributed by atoms with Gasteiger partial charge in [0.05, 0.1) is 16.1 Å². The number of aromatic nitrogens is 1. The smallest absolute Gasteiger partial charge is 0.280 e. The van der Waals surface area contributed by atoms with E-state index in [4.69, 9.17) is 23.1 Å². The predicted molar refractivity (Wildman–Crippen MR) is 92.2 cm³/mol. The second-order valence-corrected chi connectivity index (χ2v) is 5.71. The summed E-state index contributed by atoms with van der Waals surface area (Å²) in [5.74, 6) is -4.50. The highest BCUT2D eigenvalue weighted by Crippen LogP contribution is 2.35. The molecule has 0 aliphatic heterocycles. The molecular formula is C17H10ClF3N4O. The van der Waals surface area contributed by atoms with Crippen LogP contribution < -0.4 is 11.5 Å². The SMILES string of the molecule is NC(N)=NC(=O)c1cc(Cl)c2nccc(-c3c(F)cc(F)cc3F)c2c1. The second kappa shape index (κ2) is 6.64. The van der Waals surface area contributed by atoms with Crippen LogP contribution in [0.2, 0.25) is 5.02 Å². The number of rotatable bonds is 2. The van der Waals surface area contributed by atoms with Crippen LogP contribution in [-0.4, -0.2) is 16.9 Å². The highest BCUT2D eigenvalue weighted by molar-refractivity contribution is 6.36. The maximum atomic E-state index is 14.2. The van der Waals surface area contributed by atoms with Crippen molar-refractivity contribution < 1.29 is 18.0 Å². The van der Waals surface area contributed by atoms with Crippen molar-refractivity contribution in [3.05, 3.63) is 64.6 Å². The normalized spacial score (nSPS) is 10.8. The molecule has 0 bridgehead atoms. The van der Waals surface area contributed by atoms with Gasteiger partial charge >= 0.3 is 0 Å². The Hall–Kier alpha value is -3.13. The molecule has 26 heavy (non-hydrogen) atoms. The zero-order valence-electron chi connectivity index (χ0n) is 12.9. The monoisotopic (exact) mass is 378 g/mol. The lowest BCUT2D eigenvalue weighted by Gasteiger charge is -2.11. The van der Waals surface area contributed by atoms with Gasteiger partial charge in [-0.25, -0.2) is 13.2 Å². The summed E-state index contributed by atoms with van der Waals surface area (Å²) in [6.45, 7) is 0. The molecule has 0 aliphatic carbocycles. The lowest BCUT2D eigenvalue weighted by Crippen LogP contribution is -2.24. The molecule has 4 N–H and O–H groups in total. The number of fused-ring (bicyclic) bond motifs is 1. The molecule has 1 amide bonds. The minimum atomic E-state index is -1.10. The van der Waals surface area contributed by atoms with Crippen LogP contribution in [0.3, 0.4) is 0 Å². The number of nitrogens with two attached hydrogens (primary N) is 2. The van der Waals surface area contributed by atoms with E-state index in [1.807, 2.05) is 0 Å². The molecular weight excluding hydrogens is 369 g/mol. The number of halogens is 4. The molecule has 0 saturated carbocycles. The number of amides is 1. The van der Waals surface area contributed by atoms with Crippen molar-refractivity contribution in [1.29, 1.82) is 0 Å². The van der Waals surface area contributed by atoms with E-state index in [1.54, 1.807) is 0 Å². The first kappa shape index (κ1) is 17.7. The second-order valence-electron chi connectivity index (χ2n) is 5.30. The van der Waals surface area contributed by atoms with E-state index in [1.165, 1.54) is 24.4 Å². The van der Waals surface area contributed by atoms with E-state index in [-0.39, 0.29) is 27.1 Å². The van der Waals surface area contributed by atoms with Crippen LogP contribution in [0.5, 0.6) is 0 Å². The van der Waals surface area contributed by atoms with Gasteiger partial charge < -0.3 is 11.5 Å². The molecule has 3 rings (SSSR count). The summed E-state index contributed by atoms with van der Waals surface area (Å²) in [5, 5.41) is 0.236. The van der Waals surface area contributed by atoms with E-state index in [9.17, 15) is 18.0 Å². The molecule has 0 spiro atoms. The van der Waals surface area contributed by atoms with Crippen molar-refractivity contribution in [2.45, 2.75) is 0 Å². The predicted octanol–water partition coefficient (Wildman–Crippen LogP) is 3.39. The summed E-state index contributed by atoms with van der Waals surface area (Å²) in [4.78, 5) is 19.5. The van der Waals surface area contributed by atoms with Crippen LogP contribution in [0.15, 0.2) is 41.5 Å². The fourth-order valence-electron chi connectivity index (χ4n) is 2.53. The molecule has 0 saturated heterocycles. The number of nitrogens with zero attached hydrogens (tertiary/aromatic N) is 2. The quantitative estimate of drug-likeness (QED) is 0.528. The fraction of sp³-hybridized carbons (Fsp3) is 0. The number of aliphatic imine (C=N–C) groups is 1. The first-order valence-electron chi connectivity index (χ1n) is 7.15. The molecule has 0 unspecified atom stereocenters. The molecule has 9 heteroatoms. The van der Waals surface area contributed by atoms with Crippen LogP contribution in [-0.2, 0) is 0 Å². The number of carbonyl (C=O) groups excluding carboxylic acids is 1. The highest BCUT2D eigenvalue weighted by Gasteiger charge is 2.19. The summed E-state index contributed by atoms with van der Waals surface area (Å²) in [6.07, 6.45) is 1.29. The molecule has 5 nitrogen and oxygen atoms in total. The lowest BCUT2D eigenvalue weighted by atomic mass is 9.98. The number of carbonyl (C=O) groups is 1. The zero-order valence-corrected chi connectivity index (χ0v) is 13.7. The van der Waals surface area contributed by atoms with Crippen molar-refractivity contribution in [3.8, 4) is 11.1 Å². The van der Waals surface area contributed by atoms with Crippen LogP contribution in [0.4, 0.5) is 13.2 Å². The Labute approximate surface area is 150 Å². The van der Waals surface area contributed by atoms with Crippen LogP contribution in [0.25, 0.3) is 22.0 Å². The van der Waals surface area contributed by atoms with Gasteiger partial charge in [0.2, 0.25) is 0 Å². The summed E-state index contributed by atoms with van der Waals surface area (Å²) >= 11 is 6.13. The average molecular weight is 379 g/mol. The number of hydrogen-bond acceptors (Lipinski definition) is 2. The molecule has 0 atom stereocenters. The van der Waals surface area contributed by atoms with E-state index in [2.05, 4.69) is 9.98 Å². The number of guanidine groups is 1. The number of benzene rings is 2. The minimum Gasteiger partial charge on any atom is -0.370 e. The van der Waals surface area contributed by atoms with Gasteiger partial charge in [0.25, 0.3) is 5.91 Å². The molecule has 3 aromatic rings. The van der Waals surface area contributed by atoms with Crippen LogP contribution in [0, 0.1) is 17.5 Å². The Morgan fingerprint density at radius 1 is 1.08 bits per heavy atom. The van der Waals surface area contributed by atoms with Crippen molar-refractivity contribution in [2.24, 2.45) is 16.5 Å². The summed E-state index contributed by atoms with van der Waals surface area (Å²) < 4.78 is 41.6. The molecule has 0 fully saturated rings.